The topological polar surface area (TPSA) is 43.9 Å². The Balaban J connectivity index is 2.23. The van der Waals surface area contributed by atoms with E-state index in [9.17, 15) is 0 Å². The number of hydrogen-bond acceptors (Lipinski definition) is 3. The Bertz CT molecular complexity index is 789. The minimum Gasteiger partial charge on any atom is -0.361 e. The van der Waals surface area contributed by atoms with E-state index in [-0.39, 0.29) is 6.04 Å². The molecule has 3 rings (SSSR count). The summed E-state index contributed by atoms with van der Waals surface area (Å²) in [5, 5.41) is 4.05. The second-order valence-corrected chi connectivity index (χ2v) is 6.59. The molecule has 6 heteroatoms. The summed E-state index contributed by atoms with van der Waals surface area (Å²) in [6.07, 6.45) is 0. The molecule has 1 aromatic carbocycles. The first kappa shape index (κ1) is 14.8. The molecular formula is C15H15ClIN3O. The van der Waals surface area contributed by atoms with Gasteiger partial charge < -0.3 is 9.09 Å². The molecule has 0 radical (unpaired) electrons. The van der Waals surface area contributed by atoms with Gasteiger partial charge >= 0.3 is 0 Å². The maximum absolute atomic E-state index is 6.10. The fourth-order valence-corrected chi connectivity index (χ4v) is 3.53. The summed E-state index contributed by atoms with van der Waals surface area (Å²) in [6, 6.07) is 6.33. The molecule has 0 fully saturated rings. The van der Waals surface area contributed by atoms with Gasteiger partial charge in [0, 0.05) is 9.13 Å². The molecule has 0 aliphatic rings. The van der Waals surface area contributed by atoms with E-state index in [1.54, 1.807) is 0 Å². The number of hydrogen-bond donors (Lipinski definition) is 0. The van der Waals surface area contributed by atoms with Gasteiger partial charge in [0.1, 0.15) is 11.6 Å². The number of aromatic nitrogens is 3. The van der Waals surface area contributed by atoms with Crippen LogP contribution in [0.1, 0.15) is 35.8 Å². The first-order chi connectivity index (χ1) is 10.0. The zero-order valence-electron chi connectivity index (χ0n) is 12.0. The van der Waals surface area contributed by atoms with Crippen molar-refractivity contribution >= 4 is 45.2 Å². The molecule has 0 saturated carbocycles. The van der Waals surface area contributed by atoms with Crippen LogP contribution in [-0.2, 0) is 5.88 Å². The number of alkyl halides is 1. The van der Waals surface area contributed by atoms with Crippen LogP contribution in [0.3, 0.4) is 0 Å². The van der Waals surface area contributed by atoms with Crippen molar-refractivity contribution in [2.75, 3.05) is 0 Å². The summed E-state index contributed by atoms with van der Waals surface area (Å²) in [5.41, 5.74) is 4.06. The molecule has 1 unspecified atom stereocenters. The van der Waals surface area contributed by atoms with E-state index in [2.05, 4.69) is 62.4 Å². The third-order valence-corrected chi connectivity index (χ3v) is 4.65. The summed E-state index contributed by atoms with van der Waals surface area (Å²) < 4.78 is 8.64. The van der Waals surface area contributed by atoms with E-state index < -0.39 is 0 Å². The summed E-state index contributed by atoms with van der Waals surface area (Å²) in [7, 11) is 0. The molecule has 2 heterocycles. The maximum atomic E-state index is 6.10. The molecule has 0 amide bonds. The van der Waals surface area contributed by atoms with Gasteiger partial charge in [-0.3, -0.25) is 0 Å². The standard InChI is InChI=1S/C15H15ClIN3O/c1-8-15(10(3)21-19-8)9(2)20-13-5-4-11(17)6-12(13)18-14(20)7-16/h4-6,9H,7H2,1-3H3. The SMILES string of the molecule is Cc1noc(C)c1C(C)n1c(CCl)nc2cc(I)ccc21. The summed E-state index contributed by atoms with van der Waals surface area (Å²) in [4.78, 5) is 4.66. The van der Waals surface area contributed by atoms with E-state index in [4.69, 9.17) is 16.1 Å². The molecule has 0 bridgehead atoms. The maximum Gasteiger partial charge on any atom is 0.139 e. The van der Waals surface area contributed by atoms with Crippen molar-refractivity contribution in [1.82, 2.24) is 14.7 Å². The number of aryl methyl sites for hydroxylation is 2. The third-order valence-electron chi connectivity index (χ3n) is 3.74. The average Bonchev–Trinajstić information content (AvgIpc) is 2.98. The Kier molecular flexibility index (Phi) is 3.96. The van der Waals surface area contributed by atoms with Gasteiger partial charge in [0.15, 0.2) is 0 Å². The highest BCUT2D eigenvalue weighted by atomic mass is 127. The van der Waals surface area contributed by atoms with Crippen molar-refractivity contribution < 1.29 is 4.52 Å². The van der Waals surface area contributed by atoms with Gasteiger partial charge in [-0.25, -0.2) is 4.98 Å². The van der Waals surface area contributed by atoms with Crippen LogP contribution in [0.5, 0.6) is 0 Å². The van der Waals surface area contributed by atoms with Crippen molar-refractivity contribution in [3.05, 3.63) is 44.6 Å². The highest BCUT2D eigenvalue weighted by Gasteiger charge is 2.22. The number of halogens is 2. The van der Waals surface area contributed by atoms with E-state index in [1.807, 2.05) is 13.8 Å². The second kappa shape index (κ2) is 5.61. The van der Waals surface area contributed by atoms with Gasteiger partial charge in [0.05, 0.1) is 28.6 Å². The molecular weight excluding hydrogens is 401 g/mol. The van der Waals surface area contributed by atoms with Crippen LogP contribution in [0.15, 0.2) is 22.7 Å². The van der Waals surface area contributed by atoms with Crippen LogP contribution in [0.2, 0.25) is 0 Å². The number of benzene rings is 1. The summed E-state index contributed by atoms with van der Waals surface area (Å²) in [5.74, 6) is 2.08. The molecule has 2 aromatic heterocycles. The lowest BCUT2D eigenvalue weighted by Crippen LogP contribution is -2.11. The predicted octanol–water partition coefficient (Wildman–Crippen LogP) is 4.59. The van der Waals surface area contributed by atoms with Gasteiger partial charge in [-0.1, -0.05) is 5.16 Å². The minimum absolute atomic E-state index is 0.0788. The largest absolute Gasteiger partial charge is 0.361 e. The van der Waals surface area contributed by atoms with Gasteiger partial charge in [0.25, 0.3) is 0 Å². The molecule has 0 saturated heterocycles. The Labute approximate surface area is 141 Å². The lowest BCUT2D eigenvalue weighted by atomic mass is 10.1. The number of nitrogens with zero attached hydrogens (tertiary/aromatic N) is 3. The number of fused-ring (bicyclic) bond motifs is 1. The van der Waals surface area contributed by atoms with Crippen LogP contribution in [0.4, 0.5) is 0 Å². The first-order valence-electron chi connectivity index (χ1n) is 6.68. The molecule has 4 nitrogen and oxygen atoms in total. The van der Waals surface area contributed by atoms with Gasteiger partial charge in [0.2, 0.25) is 0 Å². The van der Waals surface area contributed by atoms with E-state index in [0.717, 1.165) is 37.4 Å². The van der Waals surface area contributed by atoms with E-state index in [0.29, 0.717) is 5.88 Å². The third kappa shape index (κ3) is 2.46. The summed E-state index contributed by atoms with van der Waals surface area (Å²) >= 11 is 8.40. The zero-order valence-corrected chi connectivity index (χ0v) is 14.9. The highest BCUT2D eigenvalue weighted by Crippen LogP contribution is 2.30. The van der Waals surface area contributed by atoms with Crippen LogP contribution in [0, 0.1) is 17.4 Å². The molecule has 3 aromatic rings. The van der Waals surface area contributed by atoms with Crippen molar-refractivity contribution in [2.24, 2.45) is 0 Å². The fourth-order valence-electron chi connectivity index (χ4n) is 2.86. The van der Waals surface area contributed by atoms with Crippen molar-refractivity contribution in [3.8, 4) is 0 Å². The molecule has 0 aliphatic carbocycles. The number of rotatable bonds is 3. The molecule has 0 aliphatic heterocycles. The average molecular weight is 416 g/mol. The van der Waals surface area contributed by atoms with Crippen LogP contribution in [0.25, 0.3) is 11.0 Å². The fraction of sp³-hybridized carbons (Fsp3) is 0.333. The summed E-state index contributed by atoms with van der Waals surface area (Å²) in [6.45, 7) is 6.03. The van der Waals surface area contributed by atoms with Crippen LogP contribution in [-0.4, -0.2) is 14.7 Å². The first-order valence-corrected chi connectivity index (χ1v) is 8.29. The van der Waals surface area contributed by atoms with Gasteiger partial charge in [-0.15, -0.1) is 11.6 Å². The Hall–Kier alpha value is -1.08. The molecule has 1 atom stereocenters. The molecule has 0 N–H and O–H groups in total. The van der Waals surface area contributed by atoms with Crippen molar-refractivity contribution in [1.29, 1.82) is 0 Å². The Morgan fingerprint density at radius 1 is 1.38 bits per heavy atom. The quantitative estimate of drug-likeness (QED) is 0.464. The minimum atomic E-state index is 0.0788. The monoisotopic (exact) mass is 415 g/mol. The molecule has 0 spiro atoms. The van der Waals surface area contributed by atoms with Gasteiger partial charge in [-0.2, -0.15) is 0 Å². The predicted molar refractivity (Wildman–Crippen MR) is 91.8 cm³/mol. The molecule has 21 heavy (non-hydrogen) atoms. The Morgan fingerprint density at radius 3 is 2.76 bits per heavy atom. The van der Waals surface area contributed by atoms with E-state index in [1.165, 1.54) is 0 Å². The van der Waals surface area contributed by atoms with E-state index >= 15 is 0 Å². The van der Waals surface area contributed by atoms with Gasteiger partial charge in [-0.05, 0) is 61.6 Å². The number of imidazole rings is 1. The van der Waals surface area contributed by atoms with Crippen LogP contribution >= 0.6 is 34.2 Å². The normalized spacial score (nSPS) is 13.0. The lowest BCUT2D eigenvalue weighted by Gasteiger charge is -2.17. The second-order valence-electron chi connectivity index (χ2n) is 5.08. The van der Waals surface area contributed by atoms with Crippen molar-refractivity contribution in [2.45, 2.75) is 32.7 Å². The highest BCUT2D eigenvalue weighted by molar-refractivity contribution is 14.1. The molecule has 110 valence electrons. The smallest absolute Gasteiger partial charge is 0.139 e. The lowest BCUT2D eigenvalue weighted by molar-refractivity contribution is 0.391. The Morgan fingerprint density at radius 2 is 2.14 bits per heavy atom. The van der Waals surface area contributed by atoms with Crippen LogP contribution < -0.4 is 0 Å². The zero-order chi connectivity index (χ0) is 15.1. The van der Waals surface area contributed by atoms with Crippen molar-refractivity contribution in [3.63, 3.8) is 0 Å².